The van der Waals surface area contributed by atoms with Crippen molar-refractivity contribution in [3.05, 3.63) is 96.6 Å². The number of carbonyl (C=O) groups is 1. The summed E-state index contributed by atoms with van der Waals surface area (Å²) < 4.78 is 7.50. The van der Waals surface area contributed by atoms with E-state index in [4.69, 9.17) is 4.74 Å². The summed E-state index contributed by atoms with van der Waals surface area (Å²) in [5.74, 6) is 1.39. The molecule has 1 N–H and O–H groups in total. The van der Waals surface area contributed by atoms with Crippen molar-refractivity contribution in [2.45, 2.75) is 12.1 Å². The van der Waals surface area contributed by atoms with Crippen LogP contribution in [0.3, 0.4) is 0 Å². The van der Waals surface area contributed by atoms with Crippen LogP contribution >= 0.6 is 11.8 Å². The number of benzene rings is 3. The van der Waals surface area contributed by atoms with Crippen LogP contribution in [0.4, 0.5) is 0 Å². The topological polar surface area (TPSA) is 81.4 Å². The molecule has 0 aliphatic rings. The second-order valence-electron chi connectivity index (χ2n) is 7.31. The second kappa shape index (κ2) is 12.3. The van der Waals surface area contributed by atoms with Gasteiger partial charge in [-0.05, 0) is 42.8 Å². The Kier molecular flexibility index (Phi) is 8.45. The molecule has 0 aliphatic carbocycles. The van der Waals surface area contributed by atoms with E-state index < -0.39 is 0 Å². The van der Waals surface area contributed by atoms with E-state index in [9.17, 15) is 4.79 Å². The molecule has 0 saturated carbocycles. The average Bonchev–Trinajstić information content (AvgIpc) is 3.33. The molecule has 4 rings (SSSR count). The fraction of sp³-hybridized carbons (Fsp3) is 0.111. The summed E-state index contributed by atoms with van der Waals surface area (Å²) in [7, 11) is 0. The van der Waals surface area contributed by atoms with Crippen LogP contribution in [-0.4, -0.2) is 39.2 Å². The number of hydrogen-bond donors (Lipinski definition) is 1. The molecule has 8 heteroatoms. The van der Waals surface area contributed by atoms with Gasteiger partial charge in [0.2, 0.25) is 0 Å². The fourth-order valence-corrected chi connectivity index (χ4v) is 4.01. The Balaban J connectivity index is 1.45. The van der Waals surface area contributed by atoms with E-state index in [1.54, 1.807) is 12.3 Å². The monoisotopic (exact) mass is 483 g/mol. The van der Waals surface area contributed by atoms with Gasteiger partial charge in [-0.15, -0.1) is 10.2 Å². The van der Waals surface area contributed by atoms with Crippen LogP contribution in [0, 0.1) is 0 Å². The number of ether oxygens (including phenoxy) is 1. The van der Waals surface area contributed by atoms with Crippen molar-refractivity contribution in [3.8, 4) is 22.8 Å². The van der Waals surface area contributed by atoms with Crippen molar-refractivity contribution in [3.63, 3.8) is 0 Å². The number of hydrogen-bond acceptors (Lipinski definition) is 6. The number of aromatic nitrogens is 3. The summed E-state index contributed by atoms with van der Waals surface area (Å²) >= 11 is 1.29. The molecule has 0 radical (unpaired) electrons. The van der Waals surface area contributed by atoms with Gasteiger partial charge in [-0.2, -0.15) is 5.10 Å². The van der Waals surface area contributed by atoms with Gasteiger partial charge in [0.1, 0.15) is 5.75 Å². The molecular formula is C27H25N5O2S. The molecule has 1 amide bonds. The molecule has 0 bridgehead atoms. The number of allylic oxidation sites excluding steroid dienone is 1. The van der Waals surface area contributed by atoms with Crippen LogP contribution in [0.15, 0.2) is 101 Å². The predicted octanol–water partition coefficient (Wildman–Crippen LogP) is 5.24. The van der Waals surface area contributed by atoms with E-state index in [1.807, 2.05) is 102 Å². The Morgan fingerprint density at radius 2 is 1.71 bits per heavy atom. The van der Waals surface area contributed by atoms with Crippen LogP contribution in [0.25, 0.3) is 23.2 Å². The predicted molar refractivity (Wildman–Crippen MR) is 141 cm³/mol. The molecule has 176 valence electrons. The Bertz CT molecular complexity index is 1290. The van der Waals surface area contributed by atoms with Gasteiger partial charge in [0.25, 0.3) is 5.91 Å². The first kappa shape index (κ1) is 24.0. The fourth-order valence-electron chi connectivity index (χ4n) is 3.26. The maximum absolute atomic E-state index is 12.3. The maximum Gasteiger partial charge on any atom is 0.250 e. The highest BCUT2D eigenvalue weighted by Gasteiger charge is 2.17. The molecule has 1 heterocycles. The van der Waals surface area contributed by atoms with Crippen molar-refractivity contribution in [1.29, 1.82) is 0 Å². The Hall–Kier alpha value is -4.17. The lowest BCUT2D eigenvalue weighted by molar-refractivity contribution is -0.118. The Morgan fingerprint density at radius 3 is 2.43 bits per heavy atom. The molecule has 3 aromatic carbocycles. The van der Waals surface area contributed by atoms with E-state index in [0.717, 1.165) is 22.6 Å². The molecule has 0 spiro atoms. The molecule has 0 unspecified atom stereocenters. The van der Waals surface area contributed by atoms with E-state index in [0.29, 0.717) is 17.6 Å². The number of thioether (sulfide) groups is 1. The summed E-state index contributed by atoms with van der Waals surface area (Å²) in [6.45, 7) is 2.55. The third kappa shape index (κ3) is 6.68. The minimum Gasteiger partial charge on any atom is -0.494 e. The summed E-state index contributed by atoms with van der Waals surface area (Å²) in [4.78, 5) is 12.3. The number of nitrogens with one attached hydrogen (secondary N) is 1. The summed E-state index contributed by atoms with van der Waals surface area (Å²) in [5, 5.41) is 13.3. The van der Waals surface area contributed by atoms with E-state index in [-0.39, 0.29) is 11.7 Å². The number of nitrogens with zero attached hydrogens (tertiary/aromatic N) is 4. The van der Waals surface area contributed by atoms with Gasteiger partial charge >= 0.3 is 0 Å². The van der Waals surface area contributed by atoms with Gasteiger partial charge < -0.3 is 4.74 Å². The zero-order chi connectivity index (χ0) is 24.3. The van der Waals surface area contributed by atoms with Crippen LogP contribution in [-0.2, 0) is 4.79 Å². The second-order valence-corrected chi connectivity index (χ2v) is 8.25. The average molecular weight is 484 g/mol. The third-order valence-electron chi connectivity index (χ3n) is 4.84. The van der Waals surface area contributed by atoms with E-state index >= 15 is 0 Å². The highest BCUT2D eigenvalue weighted by molar-refractivity contribution is 7.99. The van der Waals surface area contributed by atoms with Crippen LogP contribution in [0.2, 0.25) is 0 Å². The van der Waals surface area contributed by atoms with Crippen molar-refractivity contribution in [1.82, 2.24) is 20.2 Å². The van der Waals surface area contributed by atoms with E-state index in [1.165, 1.54) is 11.8 Å². The lowest BCUT2D eigenvalue weighted by Crippen LogP contribution is -2.19. The van der Waals surface area contributed by atoms with Crippen LogP contribution in [0.5, 0.6) is 5.75 Å². The lowest BCUT2D eigenvalue weighted by Gasteiger charge is -2.11. The lowest BCUT2D eigenvalue weighted by atomic mass is 10.2. The van der Waals surface area contributed by atoms with Gasteiger partial charge in [0, 0.05) is 17.5 Å². The third-order valence-corrected chi connectivity index (χ3v) is 5.77. The Morgan fingerprint density at radius 1 is 1.00 bits per heavy atom. The van der Waals surface area contributed by atoms with Gasteiger partial charge in [-0.3, -0.25) is 9.36 Å². The van der Waals surface area contributed by atoms with Crippen LogP contribution in [0.1, 0.15) is 12.5 Å². The Labute approximate surface area is 208 Å². The molecule has 0 aliphatic heterocycles. The minimum atomic E-state index is -0.234. The molecule has 0 atom stereocenters. The maximum atomic E-state index is 12.3. The quantitative estimate of drug-likeness (QED) is 0.190. The zero-order valence-corrected chi connectivity index (χ0v) is 20.1. The summed E-state index contributed by atoms with van der Waals surface area (Å²) in [6, 6.07) is 27.4. The summed E-state index contributed by atoms with van der Waals surface area (Å²) in [6.07, 6.45) is 5.23. The molecule has 0 fully saturated rings. The molecule has 7 nitrogen and oxygen atoms in total. The van der Waals surface area contributed by atoms with Gasteiger partial charge in [0.05, 0.1) is 12.4 Å². The van der Waals surface area contributed by atoms with Crippen molar-refractivity contribution >= 4 is 30.0 Å². The standard InChI is InChI=1S/C27H25N5O2S/c1-2-34-24-17-15-23(16-18-24)32-26(22-13-7-4-8-14-22)30-31-27(32)35-20-25(33)29-28-19-9-12-21-10-5-3-6-11-21/h3-19H,2,20H2,1H3,(H,29,33). The van der Waals surface area contributed by atoms with Crippen LogP contribution < -0.4 is 10.2 Å². The number of amides is 1. The molecule has 1 aromatic heterocycles. The molecule has 35 heavy (non-hydrogen) atoms. The van der Waals surface area contributed by atoms with Crippen molar-refractivity contribution in [2.24, 2.45) is 5.10 Å². The number of rotatable bonds is 10. The molecular weight excluding hydrogens is 458 g/mol. The molecule has 0 saturated heterocycles. The minimum absolute atomic E-state index is 0.143. The smallest absolute Gasteiger partial charge is 0.250 e. The number of hydrazone groups is 1. The summed E-state index contributed by atoms with van der Waals surface area (Å²) in [5.41, 5.74) is 5.41. The first-order valence-corrected chi connectivity index (χ1v) is 12.1. The molecule has 4 aromatic rings. The zero-order valence-electron chi connectivity index (χ0n) is 19.2. The number of carbonyl (C=O) groups excluding carboxylic acids is 1. The highest BCUT2D eigenvalue weighted by Crippen LogP contribution is 2.28. The van der Waals surface area contributed by atoms with Gasteiger partial charge in [-0.25, -0.2) is 5.43 Å². The normalized spacial score (nSPS) is 11.2. The van der Waals surface area contributed by atoms with Crippen molar-refractivity contribution in [2.75, 3.05) is 12.4 Å². The van der Waals surface area contributed by atoms with Gasteiger partial charge in [0.15, 0.2) is 11.0 Å². The first-order valence-electron chi connectivity index (χ1n) is 11.1. The van der Waals surface area contributed by atoms with Gasteiger partial charge in [-0.1, -0.05) is 78.5 Å². The largest absolute Gasteiger partial charge is 0.494 e. The van der Waals surface area contributed by atoms with E-state index in [2.05, 4.69) is 20.7 Å². The van der Waals surface area contributed by atoms with Crippen molar-refractivity contribution < 1.29 is 9.53 Å². The SMILES string of the molecule is CCOc1ccc(-n2c(SCC(=O)NN=CC=Cc3ccccc3)nnc2-c2ccccc2)cc1. The first-order chi connectivity index (χ1) is 17.2. The highest BCUT2D eigenvalue weighted by atomic mass is 32.2.